The van der Waals surface area contributed by atoms with E-state index in [9.17, 15) is 22.4 Å². The largest absolute Gasteiger partial charge is 0.573 e. The standard InChI is InChI=1S/C27H31F4N5O4/c1-17-24(33-26(37)32-14-19-13-18(16-38-3)9-10-22(19)40-27(29,30)31)36(20-7-5-4-6-8-20)34-25(17)39-23-11-12-35(2)15-21(23)28/h4-10,13,21,23H,11-12,14-16H2,1-3H3,(H2,32,33,37). The molecule has 1 aliphatic heterocycles. The predicted molar refractivity (Wildman–Crippen MR) is 139 cm³/mol. The zero-order valence-electron chi connectivity index (χ0n) is 22.3. The first-order valence-corrected chi connectivity index (χ1v) is 12.6. The maximum absolute atomic E-state index is 14.7. The van der Waals surface area contributed by atoms with E-state index >= 15 is 0 Å². The molecule has 0 bridgehead atoms. The SMILES string of the molecule is COCc1ccc(OC(F)(F)F)c(CNC(=O)Nc2c(C)c(OC3CCN(C)CC3F)nn2-c2ccccc2)c1. The lowest BCUT2D eigenvalue weighted by Gasteiger charge is -2.31. The first-order chi connectivity index (χ1) is 19.0. The molecule has 4 rings (SSSR count). The van der Waals surface area contributed by atoms with Crippen LogP contribution >= 0.6 is 0 Å². The summed E-state index contributed by atoms with van der Waals surface area (Å²) in [4.78, 5) is 14.8. The first kappa shape index (κ1) is 29.2. The molecule has 1 aliphatic rings. The van der Waals surface area contributed by atoms with Crippen molar-refractivity contribution in [3.63, 3.8) is 0 Å². The molecule has 2 N–H and O–H groups in total. The molecule has 2 amide bonds. The van der Waals surface area contributed by atoms with Crippen LogP contribution in [0.1, 0.15) is 23.1 Å². The summed E-state index contributed by atoms with van der Waals surface area (Å²) >= 11 is 0. The Morgan fingerprint density at radius 1 is 1.18 bits per heavy atom. The zero-order valence-corrected chi connectivity index (χ0v) is 22.3. The van der Waals surface area contributed by atoms with Gasteiger partial charge in [-0.25, -0.2) is 13.9 Å². The molecule has 2 heterocycles. The van der Waals surface area contributed by atoms with Crippen LogP contribution in [0.5, 0.6) is 11.6 Å². The number of aromatic nitrogens is 2. The molecule has 1 aromatic heterocycles. The van der Waals surface area contributed by atoms with Gasteiger partial charge in [-0.3, -0.25) is 5.32 Å². The average Bonchev–Trinajstić information content (AvgIpc) is 3.20. The number of piperidine rings is 1. The Kier molecular flexibility index (Phi) is 9.15. The summed E-state index contributed by atoms with van der Waals surface area (Å²) in [5.74, 6) is -0.000767. The second kappa shape index (κ2) is 12.6. The van der Waals surface area contributed by atoms with Gasteiger partial charge in [0.05, 0.1) is 17.9 Å². The lowest BCUT2D eigenvalue weighted by molar-refractivity contribution is -0.274. The number of hydrogen-bond donors (Lipinski definition) is 2. The van der Waals surface area contributed by atoms with Crippen molar-refractivity contribution >= 4 is 11.8 Å². The second-order valence-corrected chi connectivity index (χ2v) is 9.48. The summed E-state index contributed by atoms with van der Waals surface area (Å²) < 4.78 is 70.0. The number of carbonyl (C=O) groups is 1. The minimum absolute atomic E-state index is 0.107. The Balaban J connectivity index is 1.55. The zero-order chi connectivity index (χ0) is 28.9. The Bertz CT molecular complexity index is 1300. The lowest BCUT2D eigenvalue weighted by atomic mass is 10.1. The van der Waals surface area contributed by atoms with Gasteiger partial charge in [0.1, 0.15) is 23.8 Å². The number of nitrogens with one attached hydrogen (secondary N) is 2. The van der Waals surface area contributed by atoms with Crippen molar-refractivity contribution in [3.8, 4) is 17.3 Å². The summed E-state index contributed by atoms with van der Waals surface area (Å²) in [5.41, 5.74) is 1.79. The molecule has 2 unspecified atom stereocenters. The third-order valence-corrected chi connectivity index (χ3v) is 6.36. The third kappa shape index (κ3) is 7.42. The van der Waals surface area contributed by atoms with Crippen LogP contribution in [0.25, 0.3) is 5.69 Å². The Hall–Kier alpha value is -3.84. The number of methoxy groups -OCH3 is 1. The van der Waals surface area contributed by atoms with Crippen LogP contribution in [0.15, 0.2) is 48.5 Å². The van der Waals surface area contributed by atoms with Crippen molar-refractivity contribution in [2.24, 2.45) is 0 Å². The van der Waals surface area contributed by atoms with Gasteiger partial charge in [-0.2, -0.15) is 0 Å². The number of alkyl halides is 4. The molecular formula is C27H31F4N5O4. The fourth-order valence-electron chi connectivity index (χ4n) is 4.38. The van der Waals surface area contributed by atoms with Crippen molar-refractivity contribution < 1.29 is 36.6 Å². The highest BCUT2D eigenvalue weighted by Crippen LogP contribution is 2.31. The van der Waals surface area contributed by atoms with Gasteiger partial charge < -0.3 is 24.4 Å². The van der Waals surface area contributed by atoms with Gasteiger partial charge >= 0.3 is 12.4 Å². The second-order valence-electron chi connectivity index (χ2n) is 9.48. The molecule has 3 aromatic rings. The number of benzene rings is 2. The van der Waals surface area contributed by atoms with Crippen LogP contribution in [0.2, 0.25) is 0 Å². The number of hydrogen-bond acceptors (Lipinski definition) is 6. The lowest BCUT2D eigenvalue weighted by Crippen LogP contribution is -2.45. The predicted octanol–water partition coefficient (Wildman–Crippen LogP) is 4.97. The fraction of sp³-hybridized carbons (Fsp3) is 0.407. The first-order valence-electron chi connectivity index (χ1n) is 12.6. The van der Waals surface area contributed by atoms with E-state index in [0.29, 0.717) is 29.8 Å². The average molecular weight is 566 g/mol. The molecule has 0 radical (unpaired) electrons. The minimum atomic E-state index is -4.90. The highest BCUT2D eigenvalue weighted by Gasteiger charge is 2.33. The number of urea groups is 1. The summed E-state index contributed by atoms with van der Waals surface area (Å²) in [6, 6.07) is 12.3. The van der Waals surface area contributed by atoms with E-state index in [1.807, 2.05) is 18.0 Å². The van der Waals surface area contributed by atoms with E-state index in [-0.39, 0.29) is 37.0 Å². The van der Waals surface area contributed by atoms with E-state index in [4.69, 9.17) is 9.47 Å². The fourth-order valence-corrected chi connectivity index (χ4v) is 4.38. The summed E-state index contributed by atoms with van der Waals surface area (Å²) in [6.45, 7) is 2.49. The maximum atomic E-state index is 14.7. The van der Waals surface area contributed by atoms with Crippen LogP contribution in [0.3, 0.4) is 0 Å². The number of anilines is 1. The number of carbonyl (C=O) groups excluding carboxylic acids is 1. The monoisotopic (exact) mass is 565 g/mol. The third-order valence-electron chi connectivity index (χ3n) is 6.36. The smallest absolute Gasteiger partial charge is 0.470 e. The van der Waals surface area contributed by atoms with Gasteiger partial charge in [0.25, 0.3) is 0 Å². The van der Waals surface area contributed by atoms with Crippen LogP contribution in [0, 0.1) is 6.92 Å². The summed E-state index contributed by atoms with van der Waals surface area (Å²) in [5, 5.41) is 9.78. The maximum Gasteiger partial charge on any atom is 0.573 e. The number of ether oxygens (including phenoxy) is 3. The highest BCUT2D eigenvalue weighted by atomic mass is 19.4. The molecule has 2 atom stereocenters. The molecule has 2 aromatic carbocycles. The molecule has 0 spiro atoms. The minimum Gasteiger partial charge on any atom is -0.470 e. The Labute approximate surface area is 229 Å². The molecule has 216 valence electrons. The molecule has 13 heteroatoms. The molecule has 0 aliphatic carbocycles. The Morgan fingerprint density at radius 3 is 2.60 bits per heavy atom. The van der Waals surface area contributed by atoms with Gasteiger partial charge in [0, 0.05) is 32.3 Å². The van der Waals surface area contributed by atoms with Crippen LogP contribution in [-0.2, 0) is 17.9 Å². The number of nitrogens with zero attached hydrogens (tertiary/aromatic N) is 3. The highest BCUT2D eigenvalue weighted by molar-refractivity contribution is 5.89. The Morgan fingerprint density at radius 2 is 1.93 bits per heavy atom. The van der Waals surface area contributed by atoms with Crippen LogP contribution < -0.4 is 20.1 Å². The van der Waals surface area contributed by atoms with Crippen molar-refractivity contribution in [2.75, 3.05) is 32.6 Å². The molecule has 1 saturated heterocycles. The van der Waals surface area contributed by atoms with Crippen LogP contribution in [0.4, 0.5) is 28.2 Å². The van der Waals surface area contributed by atoms with E-state index in [1.165, 1.54) is 30.0 Å². The van der Waals surface area contributed by atoms with Crippen molar-refractivity contribution in [1.29, 1.82) is 0 Å². The van der Waals surface area contributed by atoms with E-state index in [2.05, 4.69) is 20.5 Å². The van der Waals surface area contributed by atoms with Gasteiger partial charge in [-0.05, 0) is 50.2 Å². The van der Waals surface area contributed by atoms with Crippen molar-refractivity contribution in [3.05, 3.63) is 65.2 Å². The number of likely N-dealkylation sites (tertiary alicyclic amines) is 1. The van der Waals surface area contributed by atoms with Crippen LogP contribution in [-0.4, -0.2) is 66.6 Å². The summed E-state index contributed by atoms with van der Waals surface area (Å²) in [6.07, 6.45) is -6.32. The number of halogens is 4. The van der Waals surface area contributed by atoms with Gasteiger partial charge in [0.15, 0.2) is 0 Å². The van der Waals surface area contributed by atoms with Gasteiger partial charge in [-0.1, -0.05) is 24.3 Å². The van der Waals surface area contributed by atoms with Crippen molar-refractivity contribution in [2.45, 2.75) is 45.1 Å². The van der Waals surface area contributed by atoms with Gasteiger partial charge in [0.2, 0.25) is 5.88 Å². The normalized spacial score (nSPS) is 17.9. The van der Waals surface area contributed by atoms with Gasteiger partial charge in [-0.15, -0.1) is 18.3 Å². The molecule has 0 saturated carbocycles. The van der Waals surface area contributed by atoms with E-state index in [0.717, 1.165) is 0 Å². The van der Waals surface area contributed by atoms with Crippen molar-refractivity contribution in [1.82, 2.24) is 20.0 Å². The molecule has 40 heavy (non-hydrogen) atoms. The molecule has 1 fully saturated rings. The molecular weight excluding hydrogens is 534 g/mol. The quantitative estimate of drug-likeness (QED) is 0.357. The molecule has 9 nitrogen and oxygen atoms in total. The topological polar surface area (TPSA) is 89.9 Å². The van der Waals surface area contributed by atoms with E-state index in [1.54, 1.807) is 31.2 Å². The number of rotatable bonds is 9. The summed E-state index contributed by atoms with van der Waals surface area (Å²) in [7, 11) is 3.30. The number of para-hydroxylation sites is 1. The van der Waals surface area contributed by atoms with E-state index < -0.39 is 30.4 Å². The number of amides is 2.